The van der Waals surface area contributed by atoms with E-state index in [4.69, 9.17) is 22.5 Å². The van der Waals surface area contributed by atoms with Crippen LogP contribution in [0.1, 0.15) is 39.5 Å². The van der Waals surface area contributed by atoms with Gasteiger partial charge in [0.05, 0.1) is 42.9 Å². The Morgan fingerprint density at radius 1 is 1.00 bits per heavy atom. The van der Waals surface area contributed by atoms with Gasteiger partial charge in [-0.3, -0.25) is 13.9 Å². The molecule has 1 unspecified atom stereocenters. The number of aromatic hydroxyl groups is 1. The summed E-state index contributed by atoms with van der Waals surface area (Å²) < 4.78 is 58.2. The van der Waals surface area contributed by atoms with Crippen molar-refractivity contribution in [2.45, 2.75) is 39.1 Å². The van der Waals surface area contributed by atoms with E-state index in [2.05, 4.69) is 5.43 Å². The van der Waals surface area contributed by atoms with Crippen molar-refractivity contribution in [3.05, 3.63) is 52.0 Å². The largest absolute Gasteiger partial charge is 0.508 e. The number of thiazole rings is 1. The second kappa shape index (κ2) is 11.9. The number of aromatic nitrogens is 1. The maximum Gasteiger partial charge on any atom is 0.348 e. The Kier molecular flexibility index (Phi) is 9.40. The summed E-state index contributed by atoms with van der Waals surface area (Å²) in [6.07, 6.45) is 1.39. The van der Waals surface area contributed by atoms with Crippen LogP contribution in [0.3, 0.4) is 0 Å². The average molecular weight is 548 g/mol. The Balaban J connectivity index is 2.27. The Bertz CT molecular complexity index is 1210. The lowest BCUT2D eigenvalue weighted by Crippen LogP contribution is -2.36. The molecule has 11 nitrogen and oxygen atoms in total. The fourth-order valence-corrected chi connectivity index (χ4v) is 10.0. The molecule has 0 radical (unpaired) electrons. The third kappa shape index (κ3) is 5.91. The van der Waals surface area contributed by atoms with E-state index in [0.29, 0.717) is 10.2 Å². The first-order chi connectivity index (χ1) is 16.7. The zero-order valence-electron chi connectivity index (χ0n) is 19.9. The summed E-state index contributed by atoms with van der Waals surface area (Å²) in [7, 11) is -8.42. The molecular formula is C21H30N2O9P2S. The number of phenolic OH excluding ortho intramolecular Hbond substituents is 1. The monoisotopic (exact) mass is 548 g/mol. The highest BCUT2D eigenvalue weighted by Crippen LogP contribution is 2.73. The number of benzene rings is 1. The van der Waals surface area contributed by atoms with Crippen LogP contribution in [-0.4, -0.2) is 41.6 Å². The van der Waals surface area contributed by atoms with E-state index in [1.165, 1.54) is 23.1 Å². The normalized spacial score (nSPS) is 13.5. The van der Waals surface area contributed by atoms with Gasteiger partial charge in [0.15, 0.2) is 5.40 Å². The molecule has 0 aliphatic rings. The molecule has 0 spiro atoms. The van der Waals surface area contributed by atoms with Crippen molar-refractivity contribution in [2.24, 2.45) is 0 Å². The molecule has 1 atom stereocenters. The topological polar surface area (TPSA) is 138 Å². The van der Waals surface area contributed by atoms with Crippen molar-refractivity contribution in [3.8, 4) is 5.75 Å². The molecule has 14 heteroatoms. The van der Waals surface area contributed by atoms with Crippen molar-refractivity contribution >= 4 is 36.7 Å². The number of rotatable bonds is 14. The summed E-state index contributed by atoms with van der Waals surface area (Å²) in [6, 6.07) is 6.43. The zero-order valence-corrected chi connectivity index (χ0v) is 22.5. The lowest BCUT2D eigenvalue weighted by molar-refractivity contribution is 0.190. The van der Waals surface area contributed by atoms with E-state index in [1.54, 1.807) is 45.9 Å². The van der Waals surface area contributed by atoms with Gasteiger partial charge in [-0.05, 0) is 52.0 Å². The molecule has 35 heavy (non-hydrogen) atoms. The number of fused-ring (bicyclic) bond motifs is 1. The van der Waals surface area contributed by atoms with Crippen LogP contribution in [0.25, 0.3) is 10.2 Å². The number of hydrogen-bond acceptors (Lipinski definition) is 11. The molecule has 194 valence electrons. The number of furan rings is 1. The average Bonchev–Trinajstić information content (AvgIpc) is 3.42. The van der Waals surface area contributed by atoms with Crippen molar-refractivity contribution in [2.75, 3.05) is 31.9 Å². The van der Waals surface area contributed by atoms with Crippen LogP contribution in [0.2, 0.25) is 0 Å². The first-order valence-electron chi connectivity index (χ1n) is 11.1. The molecule has 3 rings (SSSR count). The fourth-order valence-electron chi connectivity index (χ4n) is 3.65. The molecule has 0 saturated carbocycles. The molecule has 0 aliphatic heterocycles. The minimum Gasteiger partial charge on any atom is -0.508 e. The smallest absolute Gasteiger partial charge is 0.348 e. The predicted molar refractivity (Wildman–Crippen MR) is 134 cm³/mol. The molecule has 2 heterocycles. The van der Waals surface area contributed by atoms with Gasteiger partial charge in [0.2, 0.25) is 0 Å². The highest BCUT2D eigenvalue weighted by Gasteiger charge is 2.57. The van der Waals surface area contributed by atoms with Crippen LogP contribution in [0.4, 0.5) is 0 Å². The Labute approximate surface area is 207 Å². The van der Waals surface area contributed by atoms with E-state index in [-0.39, 0.29) is 37.9 Å². The Morgan fingerprint density at radius 3 is 2.06 bits per heavy atom. The number of hydrogen-bond donors (Lipinski definition) is 2. The second-order valence-corrected chi connectivity index (χ2v) is 12.8. The van der Waals surface area contributed by atoms with Crippen molar-refractivity contribution in [1.29, 1.82) is 0 Å². The molecule has 0 aliphatic carbocycles. The quantitative estimate of drug-likeness (QED) is 0.248. The zero-order chi connectivity index (χ0) is 25.6. The Morgan fingerprint density at radius 2 is 1.57 bits per heavy atom. The molecule has 0 fully saturated rings. The Hall–Kier alpha value is -1.91. The summed E-state index contributed by atoms with van der Waals surface area (Å²) in [5.41, 5.74) is 3.35. The molecule has 2 N–H and O–H groups in total. The van der Waals surface area contributed by atoms with E-state index >= 15 is 0 Å². The summed E-state index contributed by atoms with van der Waals surface area (Å²) in [5, 5.41) is 8.46. The van der Waals surface area contributed by atoms with E-state index in [0.717, 1.165) is 11.3 Å². The van der Waals surface area contributed by atoms with Gasteiger partial charge in [-0.1, -0.05) is 11.3 Å². The fraction of sp³-hybridized carbons (Fsp3) is 0.476. The van der Waals surface area contributed by atoms with Crippen molar-refractivity contribution in [3.63, 3.8) is 0 Å². The van der Waals surface area contributed by atoms with Crippen LogP contribution >= 0.6 is 26.5 Å². The van der Waals surface area contributed by atoms with Gasteiger partial charge in [0, 0.05) is 6.07 Å². The van der Waals surface area contributed by atoms with Crippen molar-refractivity contribution in [1.82, 2.24) is 4.68 Å². The van der Waals surface area contributed by atoms with Crippen LogP contribution < -0.4 is 10.3 Å². The standard InChI is InChI=1S/C21H30N2O9P2S/c1-5-29-33(26,30-6-2)20(34(27,31-7-3)32-8-4)19(17-10-9-13-28-17)22-23-16-14-15(24)11-12-18(16)35-21(23)25/h9-14,19-20,22,24H,5-8H2,1-4H3. The van der Waals surface area contributed by atoms with Gasteiger partial charge in [-0.15, -0.1) is 0 Å². The van der Waals surface area contributed by atoms with Crippen LogP contribution in [-0.2, 0) is 27.2 Å². The van der Waals surface area contributed by atoms with Gasteiger partial charge in [-0.25, -0.2) is 4.68 Å². The molecule has 2 aromatic heterocycles. The lowest BCUT2D eigenvalue weighted by Gasteiger charge is -2.36. The maximum atomic E-state index is 14.2. The van der Waals surface area contributed by atoms with Gasteiger partial charge >= 0.3 is 20.1 Å². The van der Waals surface area contributed by atoms with Gasteiger partial charge in [0.25, 0.3) is 0 Å². The van der Waals surface area contributed by atoms with Crippen LogP contribution in [0.15, 0.2) is 45.8 Å². The van der Waals surface area contributed by atoms with Gasteiger partial charge in [0.1, 0.15) is 17.6 Å². The van der Waals surface area contributed by atoms with Crippen molar-refractivity contribution < 1.29 is 36.7 Å². The summed E-state index contributed by atoms with van der Waals surface area (Å²) >= 11 is 0.935. The van der Waals surface area contributed by atoms with E-state index < -0.39 is 31.5 Å². The summed E-state index contributed by atoms with van der Waals surface area (Å²) in [4.78, 5) is 12.5. The number of phenols is 1. The number of nitrogens with zero attached hydrogens (tertiary/aromatic N) is 1. The first kappa shape index (κ1) is 27.7. The predicted octanol–water partition coefficient (Wildman–Crippen LogP) is 5.50. The van der Waals surface area contributed by atoms with E-state index in [1.807, 2.05) is 0 Å². The first-order valence-corrected chi connectivity index (χ1v) is 15.2. The van der Waals surface area contributed by atoms with Crippen LogP contribution in [0, 0.1) is 0 Å². The summed E-state index contributed by atoms with van der Waals surface area (Å²) in [6.45, 7) is 6.48. The molecular weight excluding hydrogens is 518 g/mol. The highest BCUT2D eigenvalue weighted by atomic mass is 32.1. The minimum atomic E-state index is -4.21. The maximum absolute atomic E-state index is 14.2. The lowest BCUT2D eigenvalue weighted by atomic mass is 10.2. The molecule has 0 saturated heterocycles. The van der Waals surface area contributed by atoms with Gasteiger partial charge < -0.3 is 33.0 Å². The van der Waals surface area contributed by atoms with Crippen LogP contribution in [0.5, 0.6) is 5.75 Å². The minimum absolute atomic E-state index is 0.00783. The van der Waals surface area contributed by atoms with E-state index in [9.17, 15) is 19.0 Å². The van der Waals surface area contributed by atoms with Gasteiger partial charge in [-0.2, -0.15) is 0 Å². The molecule has 0 amide bonds. The second-order valence-electron chi connectivity index (χ2n) is 7.14. The highest BCUT2D eigenvalue weighted by molar-refractivity contribution is 7.72. The summed E-state index contributed by atoms with van der Waals surface area (Å²) in [5.74, 6) is 0.140. The molecule has 0 bridgehead atoms. The molecule has 1 aromatic carbocycles. The SMILES string of the molecule is CCOP(=O)(OCC)C(C(Nn1c(=O)sc2ccc(O)cc21)c1ccco1)P(=O)(OCC)OCC. The number of nitrogens with one attached hydrogen (secondary N) is 1. The third-order valence-corrected chi connectivity index (χ3v) is 11.8. The molecule has 3 aromatic rings. The third-order valence-electron chi connectivity index (χ3n) is 4.86.